The van der Waals surface area contributed by atoms with E-state index in [9.17, 15) is 13.2 Å². The highest BCUT2D eigenvalue weighted by atomic mass is 35.5. The maximum absolute atomic E-state index is 12.1. The van der Waals surface area contributed by atoms with E-state index in [0.29, 0.717) is 18.4 Å². The maximum Gasteiger partial charge on any atom is 0.177 e. The summed E-state index contributed by atoms with van der Waals surface area (Å²) in [5.41, 5.74) is 0.645. The smallest absolute Gasteiger partial charge is 0.177 e. The van der Waals surface area contributed by atoms with Crippen LogP contribution in [0.3, 0.4) is 0 Å². The number of ketones is 1. The average molecular weight is 315 g/mol. The zero-order valence-electron chi connectivity index (χ0n) is 11.6. The number of benzene rings is 1. The fraction of sp³-hybridized carbons (Fsp3) is 0.533. The van der Waals surface area contributed by atoms with Gasteiger partial charge < -0.3 is 0 Å². The van der Waals surface area contributed by atoms with Crippen LogP contribution < -0.4 is 0 Å². The predicted molar refractivity (Wildman–Crippen MR) is 79.8 cm³/mol. The average Bonchev–Trinajstić information content (AvgIpc) is 2.88. The standard InChI is InChI=1S/C15H19ClO3S/c1-20(18,19)15-12(7-4-8-13(15)16)9-10-14(17)11-5-2-3-6-11/h4,7-8,11H,2-3,5-6,9-10H2,1H3. The van der Waals surface area contributed by atoms with Crippen molar-refractivity contribution in [3.8, 4) is 0 Å². The molecule has 0 saturated heterocycles. The monoisotopic (exact) mass is 314 g/mol. The second-order valence-electron chi connectivity index (χ2n) is 5.45. The molecule has 0 spiro atoms. The van der Waals surface area contributed by atoms with Gasteiger partial charge in [-0.05, 0) is 30.9 Å². The molecule has 3 nitrogen and oxygen atoms in total. The van der Waals surface area contributed by atoms with E-state index in [1.54, 1.807) is 18.2 Å². The third-order valence-electron chi connectivity index (χ3n) is 3.87. The van der Waals surface area contributed by atoms with E-state index in [0.717, 1.165) is 31.9 Å². The van der Waals surface area contributed by atoms with Gasteiger partial charge in [0.2, 0.25) is 0 Å². The lowest BCUT2D eigenvalue weighted by Gasteiger charge is -2.11. The molecule has 2 rings (SSSR count). The molecule has 0 aliphatic heterocycles. The molecular weight excluding hydrogens is 296 g/mol. The molecule has 0 bridgehead atoms. The van der Waals surface area contributed by atoms with Crippen LogP contribution in [0, 0.1) is 5.92 Å². The normalized spacial score (nSPS) is 16.5. The van der Waals surface area contributed by atoms with Crippen LogP contribution in [0.2, 0.25) is 5.02 Å². The van der Waals surface area contributed by atoms with Gasteiger partial charge >= 0.3 is 0 Å². The summed E-state index contributed by atoms with van der Waals surface area (Å²) >= 11 is 5.99. The van der Waals surface area contributed by atoms with E-state index in [4.69, 9.17) is 11.6 Å². The Morgan fingerprint density at radius 3 is 2.55 bits per heavy atom. The minimum absolute atomic E-state index is 0.167. The molecule has 1 aliphatic rings. The second-order valence-corrected chi connectivity index (χ2v) is 7.81. The van der Waals surface area contributed by atoms with Crippen LogP contribution in [0.1, 0.15) is 37.7 Å². The minimum Gasteiger partial charge on any atom is -0.299 e. The summed E-state index contributed by atoms with van der Waals surface area (Å²) in [7, 11) is -3.37. The summed E-state index contributed by atoms with van der Waals surface area (Å²) in [5, 5.41) is 0.235. The number of halogens is 1. The summed E-state index contributed by atoms with van der Waals surface area (Å²) in [4.78, 5) is 12.2. The van der Waals surface area contributed by atoms with Gasteiger partial charge in [0, 0.05) is 18.6 Å². The Morgan fingerprint density at radius 1 is 1.30 bits per heavy atom. The van der Waals surface area contributed by atoms with Crippen molar-refractivity contribution in [2.24, 2.45) is 5.92 Å². The lowest BCUT2D eigenvalue weighted by atomic mass is 9.97. The zero-order chi connectivity index (χ0) is 14.8. The molecule has 0 amide bonds. The number of hydrogen-bond donors (Lipinski definition) is 0. The van der Waals surface area contributed by atoms with Crippen molar-refractivity contribution in [1.82, 2.24) is 0 Å². The first-order chi connectivity index (χ1) is 9.39. The maximum atomic E-state index is 12.1. The minimum atomic E-state index is -3.37. The molecule has 0 heterocycles. The molecule has 1 aliphatic carbocycles. The van der Waals surface area contributed by atoms with E-state index in [-0.39, 0.29) is 21.6 Å². The zero-order valence-corrected chi connectivity index (χ0v) is 13.1. The summed E-state index contributed by atoms with van der Waals surface area (Å²) < 4.78 is 23.6. The van der Waals surface area contributed by atoms with Crippen molar-refractivity contribution >= 4 is 27.2 Å². The molecule has 1 aromatic carbocycles. The molecule has 1 saturated carbocycles. The quantitative estimate of drug-likeness (QED) is 0.836. The summed E-state index contributed by atoms with van der Waals surface area (Å²) in [6.07, 6.45) is 6.20. The van der Waals surface area contributed by atoms with E-state index < -0.39 is 9.84 Å². The van der Waals surface area contributed by atoms with E-state index in [1.807, 2.05) is 0 Å². The second kappa shape index (κ2) is 6.27. The van der Waals surface area contributed by atoms with Gasteiger partial charge in [-0.2, -0.15) is 0 Å². The van der Waals surface area contributed by atoms with Crippen LogP contribution in [-0.4, -0.2) is 20.5 Å². The molecule has 110 valence electrons. The number of carbonyl (C=O) groups excluding carboxylic acids is 1. The van der Waals surface area contributed by atoms with Crippen molar-refractivity contribution < 1.29 is 13.2 Å². The number of aryl methyl sites for hydroxylation is 1. The molecule has 0 radical (unpaired) electrons. The Bertz CT molecular complexity index is 602. The number of sulfone groups is 1. The topological polar surface area (TPSA) is 51.2 Å². The Morgan fingerprint density at radius 2 is 1.95 bits per heavy atom. The first-order valence-corrected chi connectivity index (χ1v) is 9.16. The van der Waals surface area contributed by atoms with Crippen LogP contribution in [0.4, 0.5) is 0 Å². The number of hydrogen-bond acceptors (Lipinski definition) is 3. The van der Waals surface area contributed by atoms with Crippen LogP contribution in [0.5, 0.6) is 0 Å². The third-order valence-corrected chi connectivity index (χ3v) is 5.52. The van der Waals surface area contributed by atoms with E-state index in [1.165, 1.54) is 0 Å². The van der Waals surface area contributed by atoms with Gasteiger partial charge in [0.25, 0.3) is 0 Å². The lowest BCUT2D eigenvalue weighted by Crippen LogP contribution is -2.12. The van der Waals surface area contributed by atoms with Gasteiger partial charge in [0.15, 0.2) is 9.84 Å². The van der Waals surface area contributed by atoms with Gasteiger partial charge in [-0.1, -0.05) is 36.6 Å². The molecule has 0 unspecified atom stereocenters. The largest absolute Gasteiger partial charge is 0.299 e. The molecule has 1 fully saturated rings. The first kappa shape index (κ1) is 15.5. The van der Waals surface area contributed by atoms with Gasteiger partial charge in [-0.3, -0.25) is 4.79 Å². The van der Waals surface area contributed by atoms with Crippen LogP contribution >= 0.6 is 11.6 Å². The Labute approximate surface area is 125 Å². The lowest BCUT2D eigenvalue weighted by molar-refractivity contribution is -0.122. The van der Waals surface area contributed by atoms with Gasteiger partial charge in [0.05, 0.1) is 9.92 Å². The van der Waals surface area contributed by atoms with Crippen molar-refractivity contribution in [2.75, 3.05) is 6.26 Å². The summed E-state index contributed by atoms with van der Waals surface area (Å²) in [6.45, 7) is 0. The van der Waals surface area contributed by atoms with Gasteiger partial charge in [-0.25, -0.2) is 8.42 Å². The highest BCUT2D eigenvalue weighted by Crippen LogP contribution is 2.29. The molecule has 5 heteroatoms. The summed E-state index contributed by atoms with van der Waals surface area (Å²) in [5.74, 6) is 0.429. The molecule has 0 N–H and O–H groups in total. The number of Topliss-reactive ketones (excluding diaryl/α,β-unsaturated/α-hetero) is 1. The SMILES string of the molecule is CS(=O)(=O)c1c(Cl)cccc1CCC(=O)C1CCCC1. The Kier molecular flexibility index (Phi) is 4.86. The molecule has 0 aromatic heterocycles. The van der Waals surface area contributed by atoms with Crippen molar-refractivity contribution in [2.45, 2.75) is 43.4 Å². The van der Waals surface area contributed by atoms with Crippen LogP contribution in [0.15, 0.2) is 23.1 Å². The molecule has 0 atom stereocenters. The number of rotatable bonds is 5. The number of carbonyl (C=O) groups is 1. The highest BCUT2D eigenvalue weighted by molar-refractivity contribution is 7.90. The fourth-order valence-corrected chi connectivity index (χ4v) is 4.56. The summed E-state index contributed by atoms with van der Waals surface area (Å²) in [6, 6.07) is 5.04. The van der Waals surface area contributed by atoms with Gasteiger partial charge in [-0.15, -0.1) is 0 Å². The Hall–Kier alpha value is -0.870. The first-order valence-electron chi connectivity index (χ1n) is 6.90. The molecule has 1 aromatic rings. The fourth-order valence-electron chi connectivity index (χ4n) is 2.88. The molecular formula is C15H19ClO3S. The van der Waals surface area contributed by atoms with E-state index in [2.05, 4.69) is 0 Å². The van der Waals surface area contributed by atoms with Crippen molar-refractivity contribution in [3.05, 3.63) is 28.8 Å². The van der Waals surface area contributed by atoms with E-state index >= 15 is 0 Å². The predicted octanol–water partition coefficient (Wildman–Crippen LogP) is 3.44. The molecule has 20 heavy (non-hydrogen) atoms. The van der Waals surface area contributed by atoms with Crippen molar-refractivity contribution in [3.63, 3.8) is 0 Å². The highest BCUT2D eigenvalue weighted by Gasteiger charge is 2.23. The third kappa shape index (κ3) is 3.61. The van der Waals surface area contributed by atoms with Crippen molar-refractivity contribution in [1.29, 1.82) is 0 Å². The Balaban J connectivity index is 2.14. The van der Waals surface area contributed by atoms with Crippen LogP contribution in [0.25, 0.3) is 0 Å². The van der Waals surface area contributed by atoms with Gasteiger partial charge in [0.1, 0.15) is 5.78 Å². The van der Waals surface area contributed by atoms with Crippen LogP contribution in [-0.2, 0) is 21.1 Å².